The summed E-state index contributed by atoms with van der Waals surface area (Å²) in [5, 5.41) is 3.89. The van der Waals surface area contributed by atoms with Crippen molar-refractivity contribution in [2.24, 2.45) is 5.73 Å². The first kappa shape index (κ1) is 23.7. The van der Waals surface area contributed by atoms with Crippen molar-refractivity contribution in [2.45, 2.75) is 43.5 Å². The summed E-state index contributed by atoms with van der Waals surface area (Å²) >= 11 is 6.18. The normalized spacial score (nSPS) is 18.6. The molecule has 2 atom stereocenters. The number of nitrogens with zero attached hydrogens (tertiary/aromatic N) is 4. The van der Waals surface area contributed by atoms with Gasteiger partial charge in [-0.05, 0) is 24.5 Å². The molecule has 1 saturated carbocycles. The maximum atomic E-state index is 14.6. The van der Waals surface area contributed by atoms with E-state index >= 15 is 0 Å². The van der Waals surface area contributed by atoms with Gasteiger partial charge in [-0.1, -0.05) is 54.8 Å². The first-order valence-corrected chi connectivity index (χ1v) is 13.3. The molecule has 0 radical (unpaired) electrons. The Hall–Kier alpha value is -3.08. The van der Waals surface area contributed by atoms with Crippen molar-refractivity contribution in [1.29, 1.82) is 0 Å². The average molecular weight is 515 g/mol. The van der Waals surface area contributed by atoms with E-state index in [-0.39, 0.29) is 35.1 Å². The van der Waals surface area contributed by atoms with E-state index in [1.165, 1.54) is 12.4 Å². The molecule has 11 heteroatoms. The molecule has 8 nitrogen and oxygen atoms in total. The quantitative estimate of drug-likeness (QED) is 0.393. The monoisotopic (exact) mass is 514 g/mol. The molecule has 0 bridgehead atoms. The van der Waals surface area contributed by atoms with E-state index in [9.17, 15) is 12.8 Å². The van der Waals surface area contributed by atoms with Gasteiger partial charge in [-0.2, -0.15) is 0 Å². The Bertz CT molecular complexity index is 1480. The molecule has 3 heterocycles. The number of hydrogen-bond acceptors (Lipinski definition) is 7. The second-order valence-corrected chi connectivity index (χ2v) is 11.0. The Morgan fingerprint density at radius 3 is 2.69 bits per heavy atom. The Balaban J connectivity index is 1.58. The van der Waals surface area contributed by atoms with Crippen LogP contribution in [0.1, 0.15) is 31.2 Å². The lowest BCUT2D eigenvalue weighted by Crippen LogP contribution is -2.43. The zero-order valence-electron chi connectivity index (χ0n) is 18.7. The molecule has 0 aliphatic heterocycles. The van der Waals surface area contributed by atoms with Crippen molar-refractivity contribution < 1.29 is 12.8 Å². The van der Waals surface area contributed by atoms with Gasteiger partial charge in [0.25, 0.3) is 0 Å². The smallest absolute Gasteiger partial charge is 0.244 e. The molecule has 0 unspecified atom stereocenters. The van der Waals surface area contributed by atoms with Gasteiger partial charge in [0, 0.05) is 35.4 Å². The van der Waals surface area contributed by atoms with Gasteiger partial charge in [-0.15, -0.1) is 0 Å². The SMILES string of the molecule is N[C@H]1CCCC[C@@H]1Nc1nc(-c2cn(S(=O)(=O)Cc3ccccc3)c3ncc(Cl)cc23)ncc1F. The number of nitrogens with two attached hydrogens (primary N) is 1. The van der Waals surface area contributed by atoms with Gasteiger partial charge >= 0.3 is 0 Å². The summed E-state index contributed by atoms with van der Waals surface area (Å²) in [4.78, 5) is 12.8. The highest BCUT2D eigenvalue weighted by Crippen LogP contribution is 2.32. The number of fused-ring (bicyclic) bond motifs is 1. The highest BCUT2D eigenvalue weighted by molar-refractivity contribution is 7.89. The van der Waals surface area contributed by atoms with E-state index in [2.05, 4.69) is 20.3 Å². The Kier molecular flexibility index (Phi) is 6.43. The third kappa shape index (κ3) is 4.86. The van der Waals surface area contributed by atoms with Crippen LogP contribution in [0.5, 0.6) is 0 Å². The minimum Gasteiger partial charge on any atom is -0.363 e. The zero-order valence-corrected chi connectivity index (χ0v) is 20.3. The van der Waals surface area contributed by atoms with Crippen LogP contribution in [0.4, 0.5) is 10.2 Å². The molecule has 0 amide bonds. The van der Waals surface area contributed by atoms with Crippen LogP contribution < -0.4 is 11.1 Å². The van der Waals surface area contributed by atoms with Crippen LogP contribution in [0.3, 0.4) is 0 Å². The van der Waals surface area contributed by atoms with Crippen molar-refractivity contribution in [3.63, 3.8) is 0 Å². The minimum atomic E-state index is -3.84. The molecule has 1 fully saturated rings. The maximum Gasteiger partial charge on any atom is 0.244 e. The molecule has 3 aromatic heterocycles. The summed E-state index contributed by atoms with van der Waals surface area (Å²) in [6.07, 6.45) is 7.58. The molecule has 35 heavy (non-hydrogen) atoms. The van der Waals surface area contributed by atoms with Gasteiger partial charge in [0.1, 0.15) is 0 Å². The van der Waals surface area contributed by atoms with Crippen LogP contribution in [-0.4, -0.2) is 39.4 Å². The Morgan fingerprint density at radius 2 is 1.91 bits per heavy atom. The fraction of sp³-hybridized carbons (Fsp3) is 0.292. The second-order valence-electron chi connectivity index (χ2n) is 8.69. The molecular weight excluding hydrogens is 491 g/mol. The van der Waals surface area contributed by atoms with E-state index in [1.54, 1.807) is 30.3 Å². The van der Waals surface area contributed by atoms with Gasteiger partial charge in [-0.3, -0.25) is 0 Å². The largest absolute Gasteiger partial charge is 0.363 e. The molecule has 0 spiro atoms. The van der Waals surface area contributed by atoms with Crippen molar-refractivity contribution in [1.82, 2.24) is 18.9 Å². The third-order valence-corrected chi connectivity index (χ3v) is 7.98. The fourth-order valence-electron chi connectivity index (χ4n) is 4.41. The van der Waals surface area contributed by atoms with Crippen molar-refractivity contribution >= 4 is 38.5 Å². The number of benzene rings is 1. The Labute approximate surface area is 207 Å². The van der Waals surface area contributed by atoms with Crippen molar-refractivity contribution in [3.05, 3.63) is 71.4 Å². The van der Waals surface area contributed by atoms with Crippen LogP contribution in [-0.2, 0) is 15.8 Å². The van der Waals surface area contributed by atoms with Gasteiger partial charge < -0.3 is 11.1 Å². The average Bonchev–Trinajstić information content (AvgIpc) is 3.22. The molecule has 1 aromatic carbocycles. The third-order valence-electron chi connectivity index (χ3n) is 6.20. The van der Waals surface area contributed by atoms with E-state index in [0.717, 1.165) is 35.9 Å². The molecule has 3 N–H and O–H groups in total. The zero-order chi connectivity index (χ0) is 24.6. The number of anilines is 1. The van der Waals surface area contributed by atoms with Crippen LogP contribution in [0.2, 0.25) is 5.02 Å². The number of aromatic nitrogens is 4. The first-order valence-electron chi connectivity index (χ1n) is 11.3. The summed E-state index contributed by atoms with van der Waals surface area (Å²) in [6.45, 7) is 0. The summed E-state index contributed by atoms with van der Waals surface area (Å²) in [6, 6.07) is 10.3. The maximum absolute atomic E-state index is 14.6. The van der Waals surface area contributed by atoms with E-state index in [0.29, 0.717) is 21.5 Å². The van der Waals surface area contributed by atoms with Gasteiger partial charge in [0.2, 0.25) is 10.0 Å². The van der Waals surface area contributed by atoms with Crippen LogP contribution in [0.25, 0.3) is 22.4 Å². The molecule has 5 rings (SSSR count). The lowest BCUT2D eigenvalue weighted by molar-refractivity contribution is 0.402. The van der Waals surface area contributed by atoms with E-state index in [4.69, 9.17) is 17.3 Å². The van der Waals surface area contributed by atoms with E-state index < -0.39 is 15.8 Å². The Morgan fingerprint density at radius 1 is 1.14 bits per heavy atom. The predicted molar refractivity (Wildman–Crippen MR) is 134 cm³/mol. The topological polar surface area (TPSA) is 116 Å². The highest BCUT2D eigenvalue weighted by atomic mass is 35.5. The second kappa shape index (κ2) is 9.52. The number of pyridine rings is 1. The van der Waals surface area contributed by atoms with Crippen molar-refractivity contribution in [3.8, 4) is 11.4 Å². The lowest BCUT2D eigenvalue weighted by atomic mass is 9.91. The van der Waals surface area contributed by atoms with E-state index in [1.807, 2.05) is 6.07 Å². The van der Waals surface area contributed by atoms with Gasteiger partial charge in [0.05, 0.1) is 17.0 Å². The molecule has 1 aliphatic rings. The number of halogens is 2. The number of nitrogens with one attached hydrogen (secondary N) is 1. The first-order chi connectivity index (χ1) is 16.8. The number of rotatable bonds is 6. The summed E-state index contributed by atoms with van der Waals surface area (Å²) in [5.74, 6) is -0.651. The molecular formula is C24H24ClFN6O2S. The fourth-order valence-corrected chi connectivity index (χ4v) is 6.00. The van der Waals surface area contributed by atoms with Gasteiger partial charge in [-0.25, -0.2) is 31.7 Å². The van der Waals surface area contributed by atoms with Gasteiger partial charge in [0.15, 0.2) is 23.1 Å². The van der Waals surface area contributed by atoms with Crippen LogP contribution in [0, 0.1) is 5.82 Å². The summed E-state index contributed by atoms with van der Waals surface area (Å²) < 4.78 is 42.4. The standard InChI is InChI=1S/C24H24ClFN6O2S/c25-16-10-17-18(22-28-12-19(26)23(31-22)30-21-9-5-4-8-20(21)27)13-32(24(17)29-11-16)35(33,34)14-15-6-2-1-3-7-15/h1-3,6-7,10-13,20-21H,4-5,8-9,14,27H2,(H,28,30,31)/t20-,21-/m0/s1. The van der Waals surface area contributed by atoms with Crippen LogP contribution >= 0.6 is 11.6 Å². The molecule has 1 aliphatic carbocycles. The van der Waals surface area contributed by atoms with Crippen molar-refractivity contribution in [2.75, 3.05) is 5.32 Å². The molecule has 4 aromatic rings. The summed E-state index contributed by atoms with van der Waals surface area (Å²) in [5.41, 5.74) is 7.42. The predicted octanol–water partition coefficient (Wildman–Crippen LogP) is 4.35. The lowest BCUT2D eigenvalue weighted by Gasteiger charge is -2.29. The van der Waals surface area contributed by atoms with Crippen LogP contribution in [0.15, 0.2) is 55.0 Å². The highest BCUT2D eigenvalue weighted by Gasteiger charge is 2.26. The molecule has 0 saturated heterocycles. The summed E-state index contributed by atoms with van der Waals surface area (Å²) in [7, 11) is -3.84. The minimum absolute atomic E-state index is 0.0281. The molecule has 182 valence electrons. The number of hydrogen-bond donors (Lipinski definition) is 2.